The SMILES string of the molecule is Cc1cccc(C(=O)N(C)C2CCC(ON)CC2)c1. The van der Waals surface area contributed by atoms with Gasteiger partial charge in [0.25, 0.3) is 5.91 Å². The standard InChI is InChI=1S/C15H22N2O2/c1-11-4-3-5-12(10-11)15(18)17(2)13-6-8-14(19-16)9-7-13/h3-5,10,13-14H,6-9,16H2,1-2H3. The number of nitrogens with zero attached hydrogens (tertiary/aromatic N) is 1. The van der Waals surface area contributed by atoms with Gasteiger partial charge in [-0.2, -0.15) is 0 Å². The minimum atomic E-state index is 0.0980. The van der Waals surface area contributed by atoms with Crippen LogP contribution >= 0.6 is 0 Å². The summed E-state index contributed by atoms with van der Waals surface area (Å²) >= 11 is 0. The first kappa shape index (κ1) is 14.0. The summed E-state index contributed by atoms with van der Waals surface area (Å²) in [5, 5.41) is 0. The second kappa shape index (κ2) is 6.17. The second-order valence-electron chi connectivity index (χ2n) is 5.35. The lowest BCUT2D eigenvalue weighted by atomic mass is 9.92. The number of benzene rings is 1. The molecule has 0 aliphatic heterocycles. The van der Waals surface area contributed by atoms with E-state index in [4.69, 9.17) is 10.7 Å². The molecule has 1 saturated carbocycles. The average molecular weight is 262 g/mol. The molecule has 0 unspecified atom stereocenters. The Labute approximate surface area is 114 Å². The Morgan fingerprint density at radius 2 is 2.00 bits per heavy atom. The van der Waals surface area contributed by atoms with Gasteiger partial charge in [-0.25, -0.2) is 5.90 Å². The van der Waals surface area contributed by atoms with E-state index in [-0.39, 0.29) is 12.0 Å². The Morgan fingerprint density at radius 3 is 2.58 bits per heavy atom. The van der Waals surface area contributed by atoms with Crippen molar-refractivity contribution in [3.63, 3.8) is 0 Å². The molecular formula is C15H22N2O2. The molecule has 0 aromatic heterocycles. The van der Waals surface area contributed by atoms with E-state index in [9.17, 15) is 4.79 Å². The minimum absolute atomic E-state index is 0.0980. The van der Waals surface area contributed by atoms with Crippen molar-refractivity contribution in [2.24, 2.45) is 5.90 Å². The molecule has 2 rings (SSSR count). The third-order valence-electron chi connectivity index (χ3n) is 3.97. The number of nitrogens with two attached hydrogens (primary N) is 1. The van der Waals surface area contributed by atoms with Gasteiger partial charge in [-0.15, -0.1) is 0 Å². The summed E-state index contributed by atoms with van der Waals surface area (Å²) in [6, 6.07) is 8.03. The fraction of sp³-hybridized carbons (Fsp3) is 0.533. The number of rotatable bonds is 3. The van der Waals surface area contributed by atoms with E-state index >= 15 is 0 Å². The van der Waals surface area contributed by atoms with Gasteiger partial charge in [0.15, 0.2) is 0 Å². The lowest BCUT2D eigenvalue weighted by Gasteiger charge is -2.34. The Hall–Kier alpha value is -1.39. The largest absolute Gasteiger partial charge is 0.339 e. The molecule has 1 aromatic rings. The van der Waals surface area contributed by atoms with E-state index in [1.807, 2.05) is 43.1 Å². The quantitative estimate of drug-likeness (QED) is 0.850. The van der Waals surface area contributed by atoms with Crippen LogP contribution in [0.4, 0.5) is 0 Å². The topological polar surface area (TPSA) is 55.6 Å². The molecule has 4 heteroatoms. The number of hydrogen-bond donors (Lipinski definition) is 1. The predicted molar refractivity (Wildman–Crippen MR) is 74.6 cm³/mol. The van der Waals surface area contributed by atoms with Crippen molar-refractivity contribution in [3.8, 4) is 0 Å². The highest BCUT2D eigenvalue weighted by Gasteiger charge is 2.27. The zero-order valence-corrected chi connectivity index (χ0v) is 11.6. The molecule has 1 fully saturated rings. The Bertz CT molecular complexity index is 440. The van der Waals surface area contributed by atoms with Gasteiger partial charge < -0.3 is 9.74 Å². The van der Waals surface area contributed by atoms with E-state index in [1.165, 1.54) is 0 Å². The van der Waals surface area contributed by atoms with E-state index in [2.05, 4.69) is 0 Å². The van der Waals surface area contributed by atoms with Crippen molar-refractivity contribution in [2.45, 2.75) is 44.8 Å². The summed E-state index contributed by atoms with van der Waals surface area (Å²) in [4.78, 5) is 19.2. The monoisotopic (exact) mass is 262 g/mol. The molecule has 0 heterocycles. The zero-order valence-electron chi connectivity index (χ0n) is 11.6. The van der Waals surface area contributed by atoms with Crippen molar-refractivity contribution in [2.75, 3.05) is 7.05 Å². The molecule has 4 nitrogen and oxygen atoms in total. The highest BCUT2D eigenvalue weighted by molar-refractivity contribution is 5.94. The number of aryl methyl sites for hydroxylation is 1. The van der Waals surface area contributed by atoms with Gasteiger partial charge in [0, 0.05) is 18.7 Å². The molecule has 1 aromatic carbocycles. The van der Waals surface area contributed by atoms with Gasteiger partial charge >= 0.3 is 0 Å². The predicted octanol–water partition coefficient (Wildman–Crippen LogP) is 2.27. The molecule has 0 radical (unpaired) electrons. The summed E-state index contributed by atoms with van der Waals surface area (Å²) < 4.78 is 0. The number of amides is 1. The van der Waals surface area contributed by atoms with Crippen LogP contribution in [0.3, 0.4) is 0 Å². The maximum absolute atomic E-state index is 12.4. The molecule has 104 valence electrons. The van der Waals surface area contributed by atoms with Crippen LogP contribution < -0.4 is 5.90 Å². The zero-order chi connectivity index (χ0) is 13.8. The normalized spacial score (nSPS) is 23.1. The Kier molecular flexibility index (Phi) is 4.56. The van der Waals surface area contributed by atoms with Gasteiger partial charge in [0.05, 0.1) is 6.10 Å². The molecule has 0 spiro atoms. The Morgan fingerprint density at radius 1 is 1.32 bits per heavy atom. The first-order chi connectivity index (χ1) is 9.11. The third kappa shape index (κ3) is 3.33. The fourth-order valence-electron chi connectivity index (χ4n) is 2.72. The van der Waals surface area contributed by atoms with Crippen LogP contribution in [0.1, 0.15) is 41.6 Å². The molecule has 1 aliphatic rings. The smallest absolute Gasteiger partial charge is 0.253 e. The molecule has 0 bridgehead atoms. The van der Waals surface area contributed by atoms with Gasteiger partial charge in [0.1, 0.15) is 0 Å². The Balaban J connectivity index is 2.00. The van der Waals surface area contributed by atoms with Crippen molar-refractivity contribution in [3.05, 3.63) is 35.4 Å². The first-order valence-corrected chi connectivity index (χ1v) is 6.81. The molecule has 2 N–H and O–H groups in total. The molecule has 1 aliphatic carbocycles. The molecule has 0 saturated heterocycles. The van der Waals surface area contributed by atoms with E-state index in [1.54, 1.807) is 0 Å². The van der Waals surface area contributed by atoms with Crippen LogP contribution in [-0.2, 0) is 4.84 Å². The molecule has 1 amide bonds. The summed E-state index contributed by atoms with van der Waals surface area (Å²) in [5.74, 6) is 5.31. The van der Waals surface area contributed by atoms with Crippen molar-refractivity contribution >= 4 is 5.91 Å². The van der Waals surface area contributed by atoms with Crippen LogP contribution in [-0.4, -0.2) is 30.0 Å². The maximum Gasteiger partial charge on any atom is 0.253 e. The highest BCUT2D eigenvalue weighted by Crippen LogP contribution is 2.24. The number of carbonyl (C=O) groups excluding carboxylic acids is 1. The fourth-order valence-corrected chi connectivity index (χ4v) is 2.72. The summed E-state index contributed by atoms with van der Waals surface area (Å²) in [5.41, 5.74) is 1.87. The van der Waals surface area contributed by atoms with Gasteiger partial charge in [-0.05, 0) is 44.7 Å². The number of carbonyl (C=O) groups is 1. The van der Waals surface area contributed by atoms with Crippen LogP contribution in [0.25, 0.3) is 0 Å². The second-order valence-corrected chi connectivity index (χ2v) is 5.35. The minimum Gasteiger partial charge on any atom is -0.339 e. The van der Waals surface area contributed by atoms with Gasteiger partial charge in [-0.1, -0.05) is 17.7 Å². The third-order valence-corrected chi connectivity index (χ3v) is 3.97. The average Bonchev–Trinajstić information content (AvgIpc) is 2.46. The van der Waals surface area contributed by atoms with Crippen LogP contribution in [0, 0.1) is 6.92 Å². The van der Waals surface area contributed by atoms with Crippen LogP contribution in [0.5, 0.6) is 0 Å². The highest BCUT2D eigenvalue weighted by atomic mass is 16.6. The van der Waals surface area contributed by atoms with Gasteiger partial charge in [-0.3, -0.25) is 4.79 Å². The van der Waals surface area contributed by atoms with Crippen LogP contribution in [0.2, 0.25) is 0 Å². The molecule has 19 heavy (non-hydrogen) atoms. The van der Waals surface area contributed by atoms with Gasteiger partial charge in [0.2, 0.25) is 0 Å². The summed E-state index contributed by atoms with van der Waals surface area (Å²) in [6.45, 7) is 2.00. The summed E-state index contributed by atoms with van der Waals surface area (Å²) in [7, 11) is 1.89. The van der Waals surface area contributed by atoms with Crippen molar-refractivity contribution in [1.29, 1.82) is 0 Å². The van der Waals surface area contributed by atoms with E-state index in [0.29, 0.717) is 6.04 Å². The van der Waals surface area contributed by atoms with Crippen molar-refractivity contribution < 1.29 is 9.63 Å². The number of hydrogen-bond acceptors (Lipinski definition) is 3. The summed E-state index contributed by atoms with van der Waals surface area (Å²) in [6.07, 6.45) is 3.91. The maximum atomic E-state index is 12.4. The first-order valence-electron chi connectivity index (χ1n) is 6.81. The lowest BCUT2D eigenvalue weighted by molar-refractivity contribution is 0.00993. The lowest BCUT2D eigenvalue weighted by Crippen LogP contribution is -2.41. The van der Waals surface area contributed by atoms with Crippen molar-refractivity contribution in [1.82, 2.24) is 4.90 Å². The molecular weight excluding hydrogens is 240 g/mol. The molecule has 0 atom stereocenters. The van der Waals surface area contributed by atoms with E-state index < -0.39 is 0 Å². The van der Waals surface area contributed by atoms with Crippen LogP contribution in [0.15, 0.2) is 24.3 Å². The van der Waals surface area contributed by atoms with E-state index in [0.717, 1.165) is 36.8 Å².